The van der Waals surface area contributed by atoms with E-state index in [1.165, 1.54) is 11.3 Å². The van der Waals surface area contributed by atoms with Crippen molar-refractivity contribution in [1.82, 2.24) is 4.98 Å². The molecule has 0 aliphatic rings. The number of nitrogens with zero attached hydrogens (tertiary/aromatic N) is 2. The summed E-state index contributed by atoms with van der Waals surface area (Å²) >= 11 is 4.68. The first-order chi connectivity index (χ1) is 4.77. The van der Waals surface area contributed by atoms with E-state index in [0.29, 0.717) is 0 Å². The van der Waals surface area contributed by atoms with Gasteiger partial charge in [-0.3, -0.25) is 4.99 Å². The molecule has 4 heteroatoms. The number of thiazole rings is 1. The predicted molar refractivity (Wildman–Crippen MR) is 49.1 cm³/mol. The van der Waals surface area contributed by atoms with E-state index in [1.807, 2.05) is 0 Å². The maximum absolute atomic E-state index is 4.08. The second-order valence-electron chi connectivity index (χ2n) is 1.52. The lowest BCUT2D eigenvalue weighted by atomic mass is 10.5. The van der Waals surface area contributed by atoms with Gasteiger partial charge in [0.2, 0.25) is 0 Å². The number of aromatic nitrogens is 1. The van der Waals surface area contributed by atoms with Crippen LogP contribution in [0.25, 0.3) is 6.08 Å². The van der Waals surface area contributed by atoms with Crippen molar-refractivity contribution in [3.63, 3.8) is 0 Å². The van der Waals surface area contributed by atoms with Gasteiger partial charge in [-0.05, 0) is 28.7 Å². The van der Waals surface area contributed by atoms with E-state index in [2.05, 4.69) is 39.2 Å². The highest BCUT2D eigenvalue weighted by molar-refractivity contribution is 9.11. The third-order valence-corrected chi connectivity index (χ3v) is 2.40. The highest BCUT2D eigenvalue weighted by Crippen LogP contribution is 2.30. The topological polar surface area (TPSA) is 25.2 Å². The molecule has 0 radical (unpaired) electrons. The van der Waals surface area contributed by atoms with Gasteiger partial charge in [-0.1, -0.05) is 17.9 Å². The Morgan fingerprint density at radius 3 is 2.80 bits per heavy atom. The Labute approximate surface area is 71.5 Å². The fourth-order valence-electron chi connectivity index (χ4n) is 0.544. The molecule has 0 aliphatic heterocycles. The van der Waals surface area contributed by atoms with Crippen molar-refractivity contribution in [3.05, 3.63) is 16.2 Å². The van der Waals surface area contributed by atoms with Crippen LogP contribution >= 0.6 is 27.3 Å². The van der Waals surface area contributed by atoms with Crippen molar-refractivity contribution < 1.29 is 0 Å². The Bertz CT molecular complexity index is 241. The van der Waals surface area contributed by atoms with Gasteiger partial charge in [-0.2, -0.15) is 0 Å². The van der Waals surface area contributed by atoms with Crippen LogP contribution in [0, 0.1) is 0 Å². The van der Waals surface area contributed by atoms with Crippen molar-refractivity contribution in [1.29, 1.82) is 0 Å². The summed E-state index contributed by atoms with van der Waals surface area (Å²) in [7, 11) is 0. The average Bonchev–Trinajstić information content (AvgIpc) is 2.30. The summed E-state index contributed by atoms with van der Waals surface area (Å²) in [5, 5.41) is 0.807. The molecule has 0 atom stereocenters. The lowest BCUT2D eigenvalue weighted by Gasteiger charge is -1.82. The zero-order valence-corrected chi connectivity index (χ0v) is 7.57. The molecule has 52 valence electrons. The minimum Gasteiger partial charge on any atom is -0.251 e. The molecular weight excluding hydrogens is 212 g/mol. The van der Waals surface area contributed by atoms with E-state index in [-0.39, 0.29) is 0 Å². The molecule has 1 aromatic heterocycles. The second-order valence-corrected chi connectivity index (χ2v) is 3.77. The summed E-state index contributed by atoms with van der Waals surface area (Å²) in [6, 6.07) is 0. The largest absolute Gasteiger partial charge is 0.251 e. The highest BCUT2D eigenvalue weighted by atomic mass is 79.9. The highest BCUT2D eigenvalue weighted by Gasteiger charge is 2.02. The fourth-order valence-corrected chi connectivity index (χ4v) is 1.80. The predicted octanol–water partition coefficient (Wildman–Crippen LogP) is 2.88. The number of aliphatic imine (C=N–C) groups is 1. The molecule has 0 saturated carbocycles. The van der Waals surface area contributed by atoms with Gasteiger partial charge in [-0.15, -0.1) is 0 Å². The molecule has 0 aliphatic carbocycles. The van der Waals surface area contributed by atoms with Crippen LogP contribution in [0.4, 0.5) is 5.00 Å². The van der Waals surface area contributed by atoms with Gasteiger partial charge in [0.05, 0.1) is 0 Å². The Hall–Kier alpha value is -0.480. The average molecular weight is 217 g/mol. The van der Waals surface area contributed by atoms with E-state index in [0.717, 1.165) is 14.6 Å². The molecule has 0 fully saturated rings. The lowest BCUT2D eigenvalue weighted by molar-refractivity contribution is 1.34. The zero-order valence-electron chi connectivity index (χ0n) is 5.17. The maximum Gasteiger partial charge on any atom is 0.161 e. The quantitative estimate of drug-likeness (QED) is 0.699. The summed E-state index contributed by atoms with van der Waals surface area (Å²) in [4.78, 5) is 7.85. The number of hydrogen-bond donors (Lipinski definition) is 0. The molecule has 10 heavy (non-hydrogen) atoms. The SMILES string of the molecule is C=Cc1nc(Br)sc1N=C. The van der Waals surface area contributed by atoms with Gasteiger partial charge in [0.15, 0.2) is 3.92 Å². The monoisotopic (exact) mass is 216 g/mol. The molecule has 0 spiro atoms. The first-order valence-electron chi connectivity index (χ1n) is 2.53. The van der Waals surface area contributed by atoms with Crippen LogP contribution < -0.4 is 0 Å². The Kier molecular flexibility index (Phi) is 2.34. The van der Waals surface area contributed by atoms with Gasteiger partial charge in [0.1, 0.15) is 10.7 Å². The molecule has 0 amide bonds. The van der Waals surface area contributed by atoms with Gasteiger partial charge in [0, 0.05) is 0 Å². The Balaban J connectivity index is 3.20. The molecule has 0 aromatic carbocycles. The standard InChI is InChI=1S/C6H5BrN2S/c1-3-4-5(8-2)10-6(7)9-4/h3H,1-2H2. The molecule has 1 aromatic rings. The third-order valence-electron chi connectivity index (χ3n) is 0.945. The van der Waals surface area contributed by atoms with Crippen LogP contribution in [0.1, 0.15) is 5.69 Å². The molecule has 2 nitrogen and oxygen atoms in total. The van der Waals surface area contributed by atoms with Crippen LogP contribution in [-0.2, 0) is 0 Å². The number of rotatable bonds is 2. The molecular formula is C6H5BrN2S. The maximum atomic E-state index is 4.08. The van der Waals surface area contributed by atoms with E-state index < -0.39 is 0 Å². The number of halogens is 1. The van der Waals surface area contributed by atoms with Crippen molar-refractivity contribution in [3.8, 4) is 0 Å². The second kappa shape index (κ2) is 3.07. The van der Waals surface area contributed by atoms with Crippen LogP contribution in [0.15, 0.2) is 15.5 Å². The summed E-state index contributed by atoms with van der Waals surface area (Å²) in [5.74, 6) is 0. The normalized spacial score (nSPS) is 9.30. The summed E-state index contributed by atoms with van der Waals surface area (Å²) in [6.07, 6.45) is 1.66. The van der Waals surface area contributed by atoms with E-state index in [4.69, 9.17) is 0 Å². The van der Waals surface area contributed by atoms with Crippen LogP contribution in [0.3, 0.4) is 0 Å². The number of hydrogen-bond acceptors (Lipinski definition) is 3. The van der Waals surface area contributed by atoms with Crippen molar-refractivity contribution in [2.24, 2.45) is 4.99 Å². The van der Waals surface area contributed by atoms with Crippen molar-refractivity contribution in [2.75, 3.05) is 0 Å². The molecule has 1 rings (SSSR count). The first-order valence-corrected chi connectivity index (χ1v) is 4.14. The Morgan fingerprint density at radius 1 is 1.70 bits per heavy atom. The molecule has 0 saturated heterocycles. The minimum atomic E-state index is 0.784. The molecule has 0 N–H and O–H groups in total. The zero-order chi connectivity index (χ0) is 7.56. The Morgan fingerprint density at radius 2 is 2.40 bits per heavy atom. The first kappa shape index (κ1) is 7.63. The minimum absolute atomic E-state index is 0.784. The summed E-state index contributed by atoms with van der Waals surface area (Å²) < 4.78 is 0.810. The van der Waals surface area contributed by atoms with E-state index in [9.17, 15) is 0 Å². The smallest absolute Gasteiger partial charge is 0.161 e. The molecule has 0 unspecified atom stereocenters. The lowest BCUT2D eigenvalue weighted by Crippen LogP contribution is -1.67. The van der Waals surface area contributed by atoms with Gasteiger partial charge < -0.3 is 0 Å². The van der Waals surface area contributed by atoms with Gasteiger partial charge in [-0.25, -0.2) is 4.98 Å². The van der Waals surface area contributed by atoms with E-state index in [1.54, 1.807) is 6.08 Å². The molecule has 0 bridgehead atoms. The van der Waals surface area contributed by atoms with Crippen molar-refractivity contribution >= 4 is 45.1 Å². The van der Waals surface area contributed by atoms with Crippen molar-refractivity contribution in [2.45, 2.75) is 0 Å². The summed E-state index contributed by atoms with van der Waals surface area (Å²) in [6.45, 7) is 6.99. The fraction of sp³-hybridized carbons (Fsp3) is 0. The van der Waals surface area contributed by atoms with Gasteiger partial charge in [0.25, 0.3) is 0 Å². The summed E-state index contributed by atoms with van der Waals surface area (Å²) in [5.41, 5.74) is 0.784. The third kappa shape index (κ3) is 1.33. The van der Waals surface area contributed by atoms with E-state index >= 15 is 0 Å². The van der Waals surface area contributed by atoms with Gasteiger partial charge >= 0.3 is 0 Å². The molecule has 1 heterocycles. The van der Waals surface area contributed by atoms with Crippen LogP contribution in [0.2, 0.25) is 0 Å². The van der Waals surface area contributed by atoms with Crippen LogP contribution in [-0.4, -0.2) is 11.7 Å². The van der Waals surface area contributed by atoms with Crippen LogP contribution in [0.5, 0.6) is 0 Å².